The van der Waals surface area contributed by atoms with Gasteiger partial charge in [0.25, 0.3) is 11.8 Å². The number of carbonyl (C=O) groups excluding carboxylic acids is 2. The molecule has 0 radical (unpaired) electrons. The number of hydrazine groups is 1. The van der Waals surface area contributed by atoms with Crippen molar-refractivity contribution in [2.75, 3.05) is 10.8 Å². The number of carbonyl (C=O) groups is 2. The first-order valence-electron chi connectivity index (χ1n) is 10.7. The molecule has 1 aliphatic carbocycles. The molecule has 2 aliphatic rings. The van der Waals surface area contributed by atoms with Gasteiger partial charge in [0.2, 0.25) is 0 Å². The minimum atomic E-state index is -1.23. The van der Waals surface area contributed by atoms with Gasteiger partial charge in [-0.2, -0.15) is 0 Å². The average molecular weight is 425 g/mol. The molecular weight excluding hydrogens is 396 g/mol. The average Bonchev–Trinajstić information content (AvgIpc) is 3.03. The third kappa shape index (κ3) is 4.06. The minimum Gasteiger partial charge on any atom is -0.272 e. The normalized spacial score (nSPS) is 21.3. The highest BCUT2D eigenvalue weighted by Gasteiger charge is 2.49. The molecule has 2 aromatic rings. The van der Waals surface area contributed by atoms with E-state index in [0.717, 1.165) is 41.8 Å². The molecule has 2 unspecified atom stereocenters. The predicted molar refractivity (Wildman–Crippen MR) is 118 cm³/mol. The van der Waals surface area contributed by atoms with E-state index in [4.69, 9.17) is 0 Å². The lowest BCUT2D eigenvalue weighted by Gasteiger charge is -2.37. The Hall–Kier alpha value is -2.47. The molecule has 30 heavy (non-hydrogen) atoms. The molecule has 0 spiro atoms. The summed E-state index contributed by atoms with van der Waals surface area (Å²) >= 11 is 0. The van der Waals surface area contributed by atoms with Crippen LogP contribution in [0.3, 0.4) is 0 Å². The van der Waals surface area contributed by atoms with Crippen molar-refractivity contribution in [1.29, 1.82) is 0 Å². The lowest BCUT2D eigenvalue weighted by Crippen LogP contribution is -2.48. The third-order valence-corrected chi connectivity index (χ3v) is 7.51. The zero-order chi connectivity index (χ0) is 21.1. The number of hydrogen-bond donors (Lipinski definition) is 0. The molecule has 4 rings (SSSR count). The topological polar surface area (TPSA) is 57.7 Å². The number of amides is 2. The first kappa shape index (κ1) is 20.8. The van der Waals surface area contributed by atoms with Crippen LogP contribution in [-0.4, -0.2) is 32.8 Å². The Balaban J connectivity index is 1.59. The molecule has 0 aromatic heterocycles. The fourth-order valence-electron chi connectivity index (χ4n) is 4.48. The van der Waals surface area contributed by atoms with Crippen LogP contribution in [0, 0.1) is 12.8 Å². The molecule has 2 amide bonds. The van der Waals surface area contributed by atoms with E-state index in [2.05, 4.69) is 0 Å². The van der Waals surface area contributed by atoms with Crippen molar-refractivity contribution >= 4 is 28.3 Å². The Bertz CT molecular complexity index is 940. The van der Waals surface area contributed by atoms with Gasteiger partial charge in [-0.15, -0.1) is 0 Å². The summed E-state index contributed by atoms with van der Waals surface area (Å²) < 4.78 is 12.7. The van der Waals surface area contributed by atoms with E-state index in [-0.39, 0.29) is 17.9 Å². The van der Waals surface area contributed by atoms with Crippen molar-refractivity contribution in [3.8, 4) is 0 Å². The van der Waals surface area contributed by atoms with Gasteiger partial charge < -0.3 is 0 Å². The standard InChI is InChI=1S/C24H28N2O3S/c1-18-10-8-9-15-22(18)26-24(28)21(16-17-30(29)20-13-6-3-7-14-20)23(27)25(26)19-11-4-2-5-12-19/h3,6-10,13-15,19,21H,2,4-5,11-12,16-17H2,1H3. The number of nitrogens with zero attached hydrogens (tertiary/aromatic N) is 2. The summed E-state index contributed by atoms with van der Waals surface area (Å²) in [6.45, 7) is 1.96. The monoisotopic (exact) mass is 424 g/mol. The maximum atomic E-state index is 13.4. The second kappa shape index (κ2) is 9.13. The Morgan fingerprint density at radius 2 is 1.57 bits per heavy atom. The molecular formula is C24H28N2O3S. The molecule has 0 N–H and O–H groups in total. The van der Waals surface area contributed by atoms with E-state index in [1.807, 2.05) is 61.5 Å². The minimum absolute atomic E-state index is 0.0550. The number of benzene rings is 2. The highest BCUT2D eigenvalue weighted by Crippen LogP contribution is 2.36. The van der Waals surface area contributed by atoms with Crippen LogP contribution >= 0.6 is 0 Å². The van der Waals surface area contributed by atoms with E-state index in [1.165, 1.54) is 6.42 Å². The van der Waals surface area contributed by atoms with E-state index >= 15 is 0 Å². The molecule has 6 heteroatoms. The lowest BCUT2D eigenvalue weighted by atomic mass is 9.94. The largest absolute Gasteiger partial charge is 0.272 e. The number of aryl methyl sites for hydroxylation is 1. The zero-order valence-corrected chi connectivity index (χ0v) is 18.1. The van der Waals surface area contributed by atoms with E-state index in [0.29, 0.717) is 12.2 Å². The summed E-state index contributed by atoms with van der Waals surface area (Å²) in [5, 5.41) is 3.34. The van der Waals surface area contributed by atoms with E-state index < -0.39 is 16.7 Å². The van der Waals surface area contributed by atoms with Crippen molar-refractivity contribution < 1.29 is 13.8 Å². The summed E-state index contributed by atoms with van der Waals surface area (Å²) in [7, 11) is -1.23. The van der Waals surface area contributed by atoms with Crippen LogP contribution in [0.4, 0.5) is 5.69 Å². The fraction of sp³-hybridized carbons (Fsp3) is 0.417. The molecule has 0 bridgehead atoms. The number of hydrogen-bond acceptors (Lipinski definition) is 3. The Morgan fingerprint density at radius 3 is 2.27 bits per heavy atom. The van der Waals surface area contributed by atoms with Crippen molar-refractivity contribution in [2.24, 2.45) is 5.92 Å². The molecule has 158 valence electrons. The van der Waals surface area contributed by atoms with Gasteiger partial charge in [0.1, 0.15) is 5.92 Å². The van der Waals surface area contributed by atoms with Crippen LogP contribution in [0.5, 0.6) is 0 Å². The maximum Gasteiger partial charge on any atom is 0.258 e. The quantitative estimate of drug-likeness (QED) is 0.652. The third-order valence-electron chi connectivity index (χ3n) is 6.11. The van der Waals surface area contributed by atoms with E-state index in [1.54, 1.807) is 10.0 Å². The van der Waals surface area contributed by atoms with Crippen molar-refractivity contribution in [3.63, 3.8) is 0 Å². The molecule has 2 aromatic carbocycles. The van der Waals surface area contributed by atoms with Gasteiger partial charge in [0.05, 0.1) is 22.5 Å². The van der Waals surface area contributed by atoms with Gasteiger partial charge in [-0.3, -0.25) is 13.8 Å². The first-order chi connectivity index (χ1) is 14.6. The van der Waals surface area contributed by atoms with Gasteiger partial charge >= 0.3 is 0 Å². The molecule has 1 aliphatic heterocycles. The Labute approximate surface area is 180 Å². The fourth-order valence-corrected chi connectivity index (χ4v) is 5.63. The highest BCUT2D eigenvalue weighted by molar-refractivity contribution is 7.85. The van der Waals surface area contributed by atoms with Crippen LogP contribution < -0.4 is 5.01 Å². The molecule has 1 saturated heterocycles. The second-order valence-corrected chi connectivity index (χ2v) is 9.69. The Morgan fingerprint density at radius 1 is 0.900 bits per heavy atom. The van der Waals surface area contributed by atoms with Crippen LogP contribution in [-0.2, 0) is 20.4 Å². The van der Waals surface area contributed by atoms with E-state index in [9.17, 15) is 13.8 Å². The number of rotatable bonds is 6. The summed E-state index contributed by atoms with van der Waals surface area (Å²) in [6, 6.07) is 17.0. The van der Waals surface area contributed by atoms with Crippen molar-refractivity contribution in [3.05, 3.63) is 60.2 Å². The van der Waals surface area contributed by atoms with Crippen LogP contribution in [0.2, 0.25) is 0 Å². The summed E-state index contributed by atoms with van der Waals surface area (Å²) in [6.07, 6.45) is 5.47. The zero-order valence-electron chi connectivity index (χ0n) is 17.3. The van der Waals surface area contributed by atoms with Gasteiger partial charge in [-0.25, -0.2) is 10.0 Å². The lowest BCUT2D eigenvalue weighted by molar-refractivity contribution is -0.134. The first-order valence-corrected chi connectivity index (χ1v) is 12.1. The summed E-state index contributed by atoms with van der Waals surface area (Å²) in [5.74, 6) is -0.795. The maximum absolute atomic E-state index is 13.4. The summed E-state index contributed by atoms with van der Waals surface area (Å²) in [4.78, 5) is 27.6. The van der Waals surface area contributed by atoms with Gasteiger partial charge in [-0.1, -0.05) is 55.7 Å². The second-order valence-electron chi connectivity index (χ2n) is 8.12. The molecule has 1 heterocycles. The van der Waals surface area contributed by atoms with Crippen LogP contribution in [0.1, 0.15) is 44.1 Å². The molecule has 1 saturated carbocycles. The van der Waals surface area contributed by atoms with Crippen molar-refractivity contribution in [1.82, 2.24) is 5.01 Å². The van der Waals surface area contributed by atoms with Gasteiger partial charge in [0.15, 0.2) is 0 Å². The van der Waals surface area contributed by atoms with Gasteiger partial charge in [0, 0.05) is 10.6 Å². The smallest absolute Gasteiger partial charge is 0.258 e. The molecule has 2 fully saturated rings. The SMILES string of the molecule is Cc1ccccc1N1C(=O)C(CCS(=O)c2ccccc2)C(=O)N1C1CCCCC1. The summed E-state index contributed by atoms with van der Waals surface area (Å²) in [5.41, 5.74) is 1.74. The van der Waals surface area contributed by atoms with Crippen molar-refractivity contribution in [2.45, 2.75) is 56.4 Å². The van der Waals surface area contributed by atoms with Crippen LogP contribution in [0.15, 0.2) is 59.5 Å². The number of anilines is 1. The molecule has 2 atom stereocenters. The van der Waals surface area contributed by atoms with Crippen LogP contribution in [0.25, 0.3) is 0 Å². The predicted octanol–water partition coefficient (Wildman–Crippen LogP) is 4.23. The Kier molecular flexibility index (Phi) is 6.32. The number of para-hydroxylation sites is 1. The van der Waals surface area contributed by atoms with Gasteiger partial charge in [-0.05, 0) is 49.9 Å². The highest BCUT2D eigenvalue weighted by atomic mass is 32.2. The molecule has 5 nitrogen and oxygen atoms in total.